The Kier molecular flexibility index (Phi) is 6.05. The Morgan fingerprint density at radius 3 is 2.75 bits per heavy atom. The van der Waals surface area contributed by atoms with Crippen LogP contribution in [0.4, 0.5) is 11.4 Å². The van der Waals surface area contributed by atoms with Crippen molar-refractivity contribution in [3.05, 3.63) is 75.8 Å². The van der Waals surface area contributed by atoms with Gasteiger partial charge in [-0.15, -0.1) is 0 Å². The molecule has 0 unspecified atom stereocenters. The van der Waals surface area contributed by atoms with Gasteiger partial charge in [0.25, 0.3) is 5.69 Å². The van der Waals surface area contributed by atoms with Crippen LogP contribution in [0.2, 0.25) is 0 Å². The Morgan fingerprint density at radius 1 is 1.25 bits per heavy atom. The van der Waals surface area contributed by atoms with Crippen molar-refractivity contribution in [2.24, 2.45) is 0 Å². The zero-order valence-corrected chi connectivity index (χ0v) is 18.1. The molecule has 0 aliphatic rings. The van der Waals surface area contributed by atoms with Crippen LogP contribution in [-0.4, -0.2) is 26.0 Å². The van der Waals surface area contributed by atoms with E-state index in [4.69, 9.17) is 0 Å². The number of anilines is 1. The average molecular weight is 446 g/mol. The minimum atomic E-state index is -0.526. The van der Waals surface area contributed by atoms with Gasteiger partial charge in [-0.25, -0.2) is 4.98 Å². The molecule has 0 radical (unpaired) electrons. The van der Waals surface area contributed by atoms with E-state index in [9.17, 15) is 20.2 Å². The summed E-state index contributed by atoms with van der Waals surface area (Å²) >= 11 is 1.30. The molecule has 0 atom stereocenters. The van der Waals surface area contributed by atoms with Crippen LogP contribution in [0.25, 0.3) is 16.7 Å². The first kappa shape index (κ1) is 21.3. The molecule has 0 aliphatic heterocycles. The number of nitrogens with zero attached hydrogens (tertiary/aromatic N) is 4. The molecule has 160 valence electrons. The van der Waals surface area contributed by atoms with E-state index in [-0.39, 0.29) is 23.0 Å². The third kappa shape index (κ3) is 4.00. The van der Waals surface area contributed by atoms with Gasteiger partial charge in [0.05, 0.1) is 32.3 Å². The number of amides is 1. The molecule has 0 saturated carbocycles. The highest BCUT2D eigenvalue weighted by Crippen LogP contribution is 2.31. The highest BCUT2D eigenvalue weighted by atomic mass is 32.2. The lowest BCUT2D eigenvalue weighted by molar-refractivity contribution is -0.383. The van der Waals surface area contributed by atoms with Gasteiger partial charge in [0.1, 0.15) is 11.8 Å². The number of thioether (sulfide) groups is 1. The number of aryl methyl sites for hydroxylation is 1. The maximum Gasteiger partial charge on any atom is 0.292 e. The molecule has 0 spiro atoms. The second kappa shape index (κ2) is 9.08. The fraction of sp³-hybridized carbons (Fsp3) is 0.174. The molecule has 8 nitrogen and oxygen atoms in total. The molecule has 2 aromatic carbocycles. The summed E-state index contributed by atoms with van der Waals surface area (Å²) in [5.74, 6) is -0.311. The standard InChI is InChI=1S/C23H19N5O3S/c1-2-7-15-12-22(27-19-10-5-3-8-17(19)26-23(27)16(15)13-24)32-14-21(29)25-18-9-4-6-11-20(18)28(30)31/h3-6,8-12H,2,7,14H2,1H3,(H,25,29). The first-order chi connectivity index (χ1) is 15.5. The van der Waals surface area contributed by atoms with Gasteiger partial charge in [0.15, 0.2) is 5.65 Å². The van der Waals surface area contributed by atoms with Crippen molar-refractivity contribution in [1.29, 1.82) is 5.26 Å². The van der Waals surface area contributed by atoms with Crippen molar-refractivity contribution in [3.63, 3.8) is 0 Å². The van der Waals surface area contributed by atoms with Crippen LogP contribution in [0.1, 0.15) is 24.5 Å². The van der Waals surface area contributed by atoms with Crippen molar-refractivity contribution in [2.45, 2.75) is 24.8 Å². The number of pyridine rings is 1. The first-order valence-corrected chi connectivity index (χ1v) is 11.0. The predicted molar refractivity (Wildman–Crippen MR) is 124 cm³/mol. The van der Waals surface area contributed by atoms with Gasteiger partial charge in [0, 0.05) is 6.07 Å². The van der Waals surface area contributed by atoms with Gasteiger partial charge in [-0.05, 0) is 36.2 Å². The van der Waals surface area contributed by atoms with E-state index in [1.807, 2.05) is 41.7 Å². The molecular formula is C23H19N5O3S. The number of hydrogen-bond donors (Lipinski definition) is 1. The maximum absolute atomic E-state index is 12.6. The van der Waals surface area contributed by atoms with Crippen LogP contribution in [0.5, 0.6) is 0 Å². The molecule has 2 aromatic heterocycles. The number of hydrogen-bond acceptors (Lipinski definition) is 6. The van der Waals surface area contributed by atoms with Crippen molar-refractivity contribution in [3.8, 4) is 6.07 Å². The Balaban J connectivity index is 1.69. The number of aromatic nitrogens is 2. The number of nitrogens with one attached hydrogen (secondary N) is 1. The van der Waals surface area contributed by atoms with Crippen LogP contribution in [0.3, 0.4) is 0 Å². The highest BCUT2D eigenvalue weighted by Gasteiger charge is 2.19. The topological polar surface area (TPSA) is 113 Å². The number of para-hydroxylation sites is 4. The number of imidazole rings is 1. The lowest BCUT2D eigenvalue weighted by Gasteiger charge is -2.12. The van der Waals surface area contributed by atoms with Gasteiger partial charge >= 0.3 is 0 Å². The van der Waals surface area contributed by atoms with Gasteiger partial charge in [-0.2, -0.15) is 5.26 Å². The summed E-state index contributed by atoms with van der Waals surface area (Å²) in [7, 11) is 0. The second-order valence-corrected chi connectivity index (χ2v) is 8.11. The lowest BCUT2D eigenvalue weighted by Crippen LogP contribution is -2.15. The highest BCUT2D eigenvalue weighted by molar-refractivity contribution is 7.99. The molecule has 32 heavy (non-hydrogen) atoms. The number of nitriles is 1. The first-order valence-electron chi connectivity index (χ1n) is 10.0. The molecule has 0 saturated heterocycles. The Morgan fingerprint density at radius 2 is 2.00 bits per heavy atom. The Bertz CT molecular complexity index is 1390. The van der Waals surface area contributed by atoms with Gasteiger partial charge in [-0.3, -0.25) is 19.3 Å². The van der Waals surface area contributed by atoms with Gasteiger partial charge in [-0.1, -0.05) is 49.4 Å². The molecule has 2 heterocycles. The van der Waals surface area contributed by atoms with Gasteiger partial charge < -0.3 is 5.32 Å². The minimum absolute atomic E-state index is 0.0467. The quantitative estimate of drug-likeness (QED) is 0.245. The lowest BCUT2D eigenvalue weighted by atomic mass is 10.1. The molecule has 0 aliphatic carbocycles. The smallest absolute Gasteiger partial charge is 0.292 e. The second-order valence-electron chi connectivity index (χ2n) is 7.12. The van der Waals surface area contributed by atoms with E-state index in [2.05, 4.69) is 16.4 Å². The summed E-state index contributed by atoms with van der Waals surface area (Å²) in [6.07, 6.45) is 1.59. The molecule has 0 bridgehead atoms. The van der Waals surface area contributed by atoms with E-state index in [1.54, 1.807) is 12.1 Å². The number of carbonyl (C=O) groups is 1. The molecule has 0 fully saturated rings. The molecule has 4 aromatic rings. The predicted octanol–water partition coefficient (Wildman–Crippen LogP) is 4.95. The maximum atomic E-state index is 12.6. The summed E-state index contributed by atoms with van der Waals surface area (Å²) < 4.78 is 1.90. The van der Waals surface area contributed by atoms with Crippen molar-refractivity contribution < 1.29 is 9.72 Å². The summed E-state index contributed by atoms with van der Waals surface area (Å²) in [6, 6.07) is 17.9. The summed E-state index contributed by atoms with van der Waals surface area (Å²) in [6.45, 7) is 2.04. The zero-order valence-electron chi connectivity index (χ0n) is 17.2. The summed E-state index contributed by atoms with van der Waals surface area (Å²) in [4.78, 5) is 27.9. The fourth-order valence-electron chi connectivity index (χ4n) is 3.61. The third-order valence-corrected chi connectivity index (χ3v) is 5.98. The Hall–Kier alpha value is -3.90. The number of fused-ring (bicyclic) bond motifs is 3. The van der Waals surface area contributed by atoms with E-state index < -0.39 is 4.92 Å². The van der Waals surface area contributed by atoms with E-state index >= 15 is 0 Å². The molecular weight excluding hydrogens is 426 g/mol. The molecule has 1 N–H and O–H groups in total. The third-order valence-electron chi connectivity index (χ3n) is 4.98. The summed E-state index contributed by atoms with van der Waals surface area (Å²) in [5.41, 5.74) is 3.62. The van der Waals surface area contributed by atoms with Crippen molar-refractivity contribution >= 4 is 45.7 Å². The van der Waals surface area contributed by atoms with Crippen LogP contribution >= 0.6 is 11.8 Å². The minimum Gasteiger partial charge on any atom is -0.320 e. The van der Waals surface area contributed by atoms with E-state index in [1.165, 1.54) is 23.9 Å². The number of nitro groups is 1. The van der Waals surface area contributed by atoms with Gasteiger partial charge in [0.2, 0.25) is 5.91 Å². The normalized spacial score (nSPS) is 10.9. The monoisotopic (exact) mass is 445 g/mol. The number of rotatable bonds is 7. The fourth-order valence-corrected chi connectivity index (χ4v) is 4.50. The molecule has 4 rings (SSSR count). The SMILES string of the molecule is CCCc1cc(SCC(=O)Nc2ccccc2[N+](=O)[O-])n2c(nc3ccccc32)c1C#N. The van der Waals surface area contributed by atoms with Crippen LogP contribution < -0.4 is 5.32 Å². The largest absolute Gasteiger partial charge is 0.320 e. The van der Waals surface area contributed by atoms with E-state index in [0.29, 0.717) is 11.2 Å². The van der Waals surface area contributed by atoms with E-state index in [0.717, 1.165) is 34.5 Å². The van der Waals surface area contributed by atoms with Crippen molar-refractivity contribution in [1.82, 2.24) is 9.38 Å². The number of nitro benzene ring substituents is 1. The molecule has 9 heteroatoms. The van der Waals surface area contributed by atoms with Crippen LogP contribution in [-0.2, 0) is 11.2 Å². The Labute approximate surface area is 188 Å². The van der Waals surface area contributed by atoms with Crippen LogP contribution in [0.15, 0.2) is 59.6 Å². The average Bonchev–Trinajstić information content (AvgIpc) is 3.17. The molecule has 1 amide bonds. The number of carbonyl (C=O) groups excluding carboxylic acids is 1. The van der Waals surface area contributed by atoms with Crippen LogP contribution in [0, 0.1) is 21.4 Å². The zero-order chi connectivity index (χ0) is 22.7. The number of benzene rings is 2. The van der Waals surface area contributed by atoms with Crippen molar-refractivity contribution in [2.75, 3.05) is 11.1 Å². The summed E-state index contributed by atoms with van der Waals surface area (Å²) in [5, 5.41) is 24.4.